The van der Waals surface area contributed by atoms with Crippen LogP contribution in [0.3, 0.4) is 0 Å². The second-order valence-electron chi connectivity index (χ2n) is 8.08. The lowest BCUT2D eigenvalue weighted by molar-refractivity contribution is 0.101. The molecule has 0 bridgehead atoms. The normalized spacial score (nSPS) is 14.7. The third kappa shape index (κ3) is 4.02. The van der Waals surface area contributed by atoms with Gasteiger partial charge < -0.3 is 9.72 Å². The Labute approximate surface area is 182 Å². The Morgan fingerprint density at radius 2 is 1.61 bits per heavy atom. The van der Waals surface area contributed by atoms with Gasteiger partial charge in [-0.3, -0.25) is 9.69 Å². The van der Waals surface area contributed by atoms with Crippen molar-refractivity contribution in [1.29, 1.82) is 0 Å². The van der Waals surface area contributed by atoms with Crippen LogP contribution in [0.1, 0.15) is 23.0 Å². The zero-order chi connectivity index (χ0) is 21.2. The molecule has 31 heavy (non-hydrogen) atoms. The molecule has 5 nitrogen and oxygen atoms in total. The molecule has 0 spiro atoms. The summed E-state index contributed by atoms with van der Waals surface area (Å²) < 4.78 is 2.23. The van der Waals surface area contributed by atoms with Gasteiger partial charge in [-0.2, -0.15) is 0 Å². The van der Waals surface area contributed by atoms with E-state index in [4.69, 9.17) is 4.98 Å². The second-order valence-corrected chi connectivity index (χ2v) is 8.08. The SMILES string of the molecule is CC(=O)c1ccc(-c2ccc3nc(-c4ccccc4)c(CN4CCNCC4)n3c2)cc1. The molecule has 0 aliphatic carbocycles. The van der Waals surface area contributed by atoms with Crippen LogP contribution in [0, 0.1) is 0 Å². The molecule has 4 aromatic rings. The van der Waals surface area contributed by atoms with E-state index in [1.807, 2.05) is 30.3 Å². The highest BCUT2D eigenvalue weighted by Crippen LogP contribution is 2.28. The number of aromatic nitrogens is 2. The maximum Gasteiger partial charge on any atom is 0.159 e. The standard InChI is InChI=1S/C26H26N4O/c1-19(31)20-7-9-21(10-8-20)23-11-12-25-28-26(22-5-3-2-4-6-22)24(30(25)17-23)18-29-15-13-27-14-16-29/h2-12,17,27H,13-16,18H2,1H3. The average molecular weight is 411 g/mol. The molecular weight excluding hydrogens is 384 g/mol. The van der Waals surface area contributed by atoms with E-state index in [-0.39, 0.29) is 5.78 Å². The molecule has 1 aliphatic heterocycles. The summed E-state index contributed by atoms with van der Waals surface area (Å²) in [6.07, 6.45) is 2.18. The molecule has 1 fully saturated rings. The van der Waals surface area contributed by atoms with E-state index < -0.39 is 0 Å². The summed E-state index contributed by atoms with van der Waals surface area (Å²) in [4.78, 5) is 19.1. The molecule has 0 atom stereocenters. The van der Waals surface area contributed by atoms with Crippen LogP contribution < -0.4 is 5.32 Å². The number of nitrogens with zero attached hydrogens (tertiary/aromatic N) is 3. The number of Topliss-reactive ketones (excluding diaryl/α,β-unsaturated/α-hetero) is 1. The highest BCUT2D eigenvalue weighted by atomic mass is 16.1. The predicted molar refractivity (Wildman–Crippen MR) is 124 cm³/mol. The third-order valence-electron chi connectivity index (χ3n) is 5.97. The average Bonchev–Trinajstić information content (AvgIpc) is 3.18. The summed E-state index contributed by atoms with van der Waals surface area (Å²) in [5.41, 5.74) is 7.29. The summed E-state index contributed by atoms with van der Waals surface area (Å²) in [5.74, 6) is 0.0856. The molecular formula is C26H26N4O. The van der Waals surface area contributed by atoms with Crippen LogP contribution in [0.15, 0.2) is 72.9 Å². The van der Waals surface area contributed by atoms with Crippen LogP contribution in [0.5, 0.6) is 0 Å². The van der Waals surface area contributed by atoms with E-state index in [0.717, 1.165) is 66.3 Å². The summed E-state index contributed by atoms with van der Waals surface area (Å²) >= 11 is 0. The number of benzene rings is 2. The lowest BCUT2D eigenvalue weighted by Gasteiger charge is -2.27. The van der Waals surface area contributed by atoms with Crippen LogP contribution in [-0.2, 0) is 6.54 Å². The molecule has 3 heterocycles. The van der Waals surface area contributed by atoms with E-state index >= 15 is 0 Å². The van der Waals surface area contributed by atoms with E-state index in [9.17, 15) is 4.79 Å². The number of hydrogen-bond acceptors (Lipinski definition) is 4. The van der Waals surface area contributed by atoms with Crippen molar-refractivity contribution in [2.75, 3.05) is 26.2 Å². The number of rotatable bonds is 5. The van der Waals surface area contributed by atoms with Crippen molar-refractivity contribution in [3.8, 4) is 22.4 Å². The molecule has 0 unspecified atom stereocenters. The molecule has 5 rings (SSSR count). The van der Waals surface area contributed by atoms with Crippen LogP contribution in [0.25, 0.3) is 28.0 Å². The molecule has 1 N–H and O–H groups in total. The van der Waals surface area contributed by atoms with Gasteiger partial charge in [0.05, 0.1) is 11.4 Å². The molecule has 156 valence electrons. The summed E-state index contributed by atoms with van der Waals surface area (Å²) in [6, 6.07) is 22.4. The van der Waals surface area contributed by atoms with Crippen molar-refractivity contribution in [3.63, 3.8) is 0 Å². The fourth-order valence-electron chi connectivity index (χ4n) is 4.22. The van der Waals surface area contributed by atoms with Crippen LogP contribution in [0.2, 0.25) is 0 Å². The Hall–Kier alpha value is -3.28. The van der Waals surface area contributed by atoms with Crippen molar-refractivity contribution in [3.05, 3.63) is 84.2 Å². The smallest absolute Gasteiger partial charge is 0.159 e. The van der Waals surface area contributed by atoms with Crippen molar-refractivity contribution >= 4 is 11.4 Å². The molecule has 5 heteroatoms. The van der Waals surface area contributed by atoms with E-state index in [1.165, 1.54) is 5.69 Å². The van der Waals surface area contributed by atoms with Crippen LogP contribution in [0.4, 0.5) is 0 Å². The molecule has 2 aromatic heterocycles. The van der Waals surface area contributed by atoms with E-state index in [2.05, 4.69) is 57.2 Å². The van der Waals surface area contributed by atoms with Gasteiger partial charge in [-0.25, -0.2) is 4.98 Å². The van der Waals surface area contributed by atoms with Gasteiger partial charge >= 0.3 is 0 Å². The number of hydrogen-bond donors (Lipinski definition) is 1. The summed E-state index contributed by atoms with van der Waals surface area (Å²) in [6.45, 7) is 6.57. The maximum absolute atomic E-state index is 11.6. The minimum absolute atomic E-state index is 0.0856. The first-order chi connectivity index (χ1) is 15.2. The number of imidazole rings is 1. The van der Waals surface area contributed by atoms with Crippen molar-refractivity contribution in [1.82, 2.24) is 19.6 Å². The Balaban J connectivity index is 1.60. The number of piperazine rings is 1. The van der Waals surface area contributed by atoms with Gasteiger partial charge in [0, 0.05) is 50.0 Å². The molecule has 0 radical (unpaired) electrons. The number of fused-ring (bicyclic) bond motifs is 1. The van der Waals surface area contributed by atoms with Crippen molar-refractivity contribution < 1.29 is 4.79 Å². The molecule has 1 aliphatic rings. The highest BCUT2D eigenvalue weighted by Gasteiger charge is 2.19. The first-order valence-corrected chi connectivity index (χ1v) is 10.8. The minimum Gasteiger partial charge on any atom is -0.314 e. The zero-order valence-electron chi connectivity index (χ0n) is 17.7. The zero-order valence-corrected chi connectivity index (χ0v) is 17.7. The number of carbonyl (C=O) groups excluding carboxylic acids is 1. The van der Waals surface area contributed by atoms with Crippen molar-refractivity contribution in [2.24, 2.45) is 0 Å². The minimum atomic E-state index is 0.0856. The van der Waals surface area contributed by atoms with Crippen LogP contribution >= 0.6 is 0 Å². The van der Waals surface area contributed by atoms with Gasteiger partial charge in [0.1, 0.15) is 5.65 Å². The van der Waals surface area contributed by atoms with Crippen molar-refractivity contribution in [2.45, 2.75) is 13.5 Å². The van der Waals surface area contributed by atoms with Gasteiger partial charge in [-0.1, -0.05) is 54.6 Å². The van der Waals surface area contributed by atoms with E-state index in [0.29, 0.717) is 0 Å². The predicted octanol–water partition coefficient (Wildman–Crippen LogP) is 4.28. The summed E-state index contributed by atoms with van der Waals surface area (Å²) in [5, 5.41) is 3.43. The number of pyridine rings is 1. The summed E-state index contributed by atoms with van der Waals surface area (Å²) in [7, 11) is 0. The largest absolute Gasteiger partial charge is 0.314 e. The molecule has 0 amide bonds. The molecule has 0 saturated carbocycles. The number of nitrogens with one attached hydrogen (secondary N) is 1. The fourth-order valence-corrected chi connectivity index (χ4v) is 4.22. The Bertz CT molecular complexity index is 1210. The van der Waals surface area contributed by atoms with Gasteiger partial charge in [0.25, 0.3) is 0 Å². The second kappa shape index (κ2) is 8.46. The van der Waals surface area contributed by atoms with Gasteiger partial charge in [0.2, 0.25) is 0 Å². The van der Waals surface area contributed by atoms with Crippen LogP contribution in [-0.4, -0.2) is 46.2 Å². The first-order valence-electron chi connectivity index (χ1n) is 10.8. The quantitative estimate of drug-likeness (QED) is 0.499. The van der Waals surface area contributed by atoms with Gasteiger partial charge in [0.15, 0.2) is 5.78 Å². The lowest BCUT2D eigenvalue weighted by Crippen LogP contribution is -2.43. The number of ketones is 1. The topological polar surface area (TPSA) is 49.6 Å². The van der Waals surface area contributed by atoms with Gasteiger partial charge in [-0.15, -0.1) is 0 Å². The highest BCUT2D eigenvalue weighted by molar-refractivity contribution is 5.94. The lowest BCUT2D eigenvalue weighted by atomic mass is 10.0. The fraction of sp³-hybridized carbons (Fsp3) is 0.231. The first kappa shape index (κ1) is 19.7. The van der Waals surface area contributed by atoms with E-state index in [1.54, 1.807) is 6.92 Å². The van der Waals surface area contributed by atoms with Gasteiger partial charge in [-0.05, 0) is 30.2 Å². The Kier molecular flexibility index (Phi) is 5.37. The Morgan fingerprint density at radius 1 is 0.903 bits per heavy atom. The molecule has 2 aromatic carbocycles. The third-order valence-corrected chi connectivity index (χ3v) is 5.97. The monoisotopic (exact) mass is 410 g/mol. The Morgan fingerprint density at radius 3 is 2.32 bits per heavy atom. The molecule has 1 saturated heterocycles. The number of carbonyl (C=O) groups is 1. The maximum atomic E-state index is 11.6.